The van der Waals surface area contributed by atoms with Crippen molar-refractivity contribution in [3.05, 3.63) is 11.1 Å². The molecule has 0 aromatic heterocycles. The lowest BCUT2D eigenvalue weighted by Crippen LogP contribution is -2.50. The highest BCUT2D eigenvalue weighted by Gasteiger charge is 2.51. The third kappa shape index (κ3) is 4.04. The molecule has 1 fully saturated rings. The molecule has 1 saturated heterocycles. The number of nitrogens with one attached hydrogen (secondary N) is 1. The molecule has 0 bridgehead atoms. The van der Waals surface area contributed by atoms with Crippen LogP contribution in [-0.4, -0.2) is 81.1 Å². The van der Waals surface area contributed by atoms with Gasteiger partial charge in [0, 0.05) is 44.6 Å². The molecule has 0 aromatic rings. The van der Waals surface area contributed by atoms with Crippen LogP contribution >= 0.6 is 0 Å². The van der Waals surface area contributed by atoms with Crippen LogP contribution < -0.4 is 5.32 Å². The van der Waals surface area contributed by atoms with Crippen molar-refractivity contribution in [2.24, 2.45) is 0 Å². The number of carbonyl (C=O) groups excluding carboxylic acids is 2. The van der Waals surface area contributed by atoms with Crippen LogP contribution in [0.15, 0.2) is 11.1 Å². The number of likely N-dealkylation sites (N-methyl/N-ethyl adjacent to an activating group) is 1. The third-order valence-electron chi connectivity index (χ3n) is 4.78. The van der Waals surface area contributed by atoms with Crippen LogP contribution in [0.3, 0.4) is 0 Å². The Morgan fingerprint density at radius 3 is 2.44 bits per heavy atom. The van der Waals surface area contributed by atoms with Crippen LogP contribution in [0.25, 0.3) is 0 Å². The lowest BCUT2D eigenvalue weighted by atomic mass is 9.83. The van der Waals surface area contributed by atoms with E-state index in [2.05, 4.69) is 5.32 Å². The fourth-order valence-electron chi connectivity index (χ4n) is 3.27. The molecule has 2 aliphatic heterocycles. The van der Waals surface area contributed by atoms with E-state index in [0.29, 0.717) is 37.1 Å². The number of amides is 1. The van der Waals surface area contributed by atoms with Gasteiger partial charge < -0.3 is 15.0 Å². The maximum Gasteiger partial charge on any atom is 0.335 e. The number of hydrogen-bond acceptors (Lipinski definition) is 6. The number of hydrogen-bond donors (Lipinski definition) is 1. The first-order valence-electron chi connectivity index (χ1n) is 8.48. The highest BCUT2D eigenvalue weighted by molar-refractivity contribution is 7.89. The highest BCUT2D eigenvalue weighted by atomic mass is 32.2. The van der Waals surface area contributed by atoms with Crippen molar-refractivity contribution in [3.8, 4) is 0 Å². The zero-order chi connectivity index (χ0) is 18.8. The topological polar surface area (TPSA) is 96.0 Å². The van der Waals surface area contributed by atoms with Gasteiger partial charge in [-0.25, -0.2) is 17.5 Å². The van der Waals surface area contributed by atoms with Crippen LogP contribution in [0.5, 0.6) is 0 Å². The van der Waals surface area contributed by atoms with E-state index in [-0.39, 0.29) is 24.7 Å². The summed E-state index contributed by atoms with van der Waals surface area (Å²) >= 11 is 0. The normalized spacial score (nSPS) is 21.1. The number of nitrogens with zero attached hydrogens (tertiary/aromatic N) is 2. The summed E-state index contributed by atoms with van der Waals surface area (Å²) in [5, 5.41) is 2.83. The lowest BCUT2D eigenvalue weighted by molar-refractivity contribution is -0.150. The fourth-order valence-corrected chi connectivity index (χ4v) is 4.37. The molecule has 2 aliphatic rings. The second-order valence-electron chi connectivity index (χ2n) is 6.74. The first-order valence-corrected chi connectivity index (χ1v) is 10.1. The molecule has 1 amide bonds. The quantitative estimate of drug-likeness (QED) is 0.644. The number of piperidine rings is 1. The molecule has 1 N–H and O–H groups in total. The Hall–Kier alpha value is -1.45. The van der Waals surface area contributed by atoms with Crippen LogP contribution in [0.4, 0.5) is 0 Å². The van der Waals surface area contributed by atoms with Gasteiger partial charge in [0.25, 0.3) is 5.91 Å². The van der Waals surface area contributed by atoms with Gasteiger partial charge >= 0.3 is 5.97 Å². The van der Waals surface area contributed by atoms with E-state index < -0.39 is 21.6 Å². The summed E-state index contributed by atoms with van der Waals surface area (Å²) in [7, 11) is 0.529. The smallest absolute Gasteiger partial charge is 0.335 e. The molecule has 8 nitrogen and oxygen atoms in total. The predicted molar refractivity (Wildman–Crippen MR) is 93.4 cm³/mol. The van der Waals surface area contributed by atoms with Crippen molar-refractivity contribution < 1.29 is 22.7 Å². The highest BCUT2D eigenvalue weighted by Crippen LogP contribution is 2.41. The van der Waals surface area contributed by atoms with Gasteiger partial charge in [-0.15, -0.1) is 0 Å². The van der Waals surface area contributed by atoms with Gasteiger partial charge in [0.2, 0.25) is 10.0 Å². The Morgan fingerprint density at radius 2 is 1.92 bits per heavy atom. The monoisotopic (exact) mass is 373 g/mol. The second-order valence-corrected chi connectivity index (χ2v) is 9.00. The molecule has 142 valence electrons. The zero-order valence-electron chi connectivity index (χ0n) is 15.3. The van der Waals surface area contributed by atoms with Crippen molar-refractivity contribution >= 4 is 21.9 Å². The average Bonchev–Trinajstić information content (AvgIpc) is 2.78. The largest absolute Gasteiger partial charge is 0.450 e. The van der Waals surface area contributed by atoms with Crippen LogP contribution in [0.2, 0.25) is 0 Å². The molecule has 9 heteroatoms. The SMILES string of the molecule is CCS(=O)(=O)N1CCC2(CC1)OC(=O)C(C)=C2C(=O)NCCN(C)C. The van der Waals surface area contributed by atoms with Crippen molar-refractivity contribution in [1.29, 1.82) is 0 Å². The number of sulfonamides is 1. The Kier molecular flexibility index (Phi) is 5.90. The van der Waals surface area contributed by atoms with E-state index in [1.165, 1.54) is 4.31 Å². The van der Waals surface area contributed by atoms with Gasteiger partial charge in [0.15, 0.2) is 0 Å². The van der Waals surface area contributed by atoms with Gasteiger partial charge in [0.1, 0.15) is 5.60 Å². The van der Waals surface area contributed by atoms with Crippen molar-refractivity contribution in [2.75, 3.05) is 46.0 Å². The summed E-state index contributed by atoms with van der Waals surface area (Å²) in [5.41, 5.74) is -0.345. The Morgan fingerprint density at radius 1 is 1.32 bits per heavy atom. The summed E-state index contributed by atoms with van der Waals surface area (Å²) in [6.45, 7) is 4.82. The summed E-state index contributed by atoms with van der Waals surface area (Å²) in [5.74, 6) is -0.770. The molecule has 0 atom stereocenters. The summed E-state index contributed by atoms with van der Waals surface area (Å²) in [6.07, 6.45) is 0.595. The molecule has 25 heavy (non-hydrogen) atoms. The maximum absolute atomic E-state index is 12.6. The van der Waals surface area contributed by atoms with Crippen molar-refractivity contribution in [1.82, 2.24) is 14.5 Å². The van der Waals surface area contributed by atoms with E-state index in [9.17, 15) is 18.0 Å². The first-order chi connectivity index (χ1) is 11.6. The van der Waals surface area contributed by atoms with E-state index in [1.54, 1.807) is 13.8 Å². The molecule has 0 saturated carbocycles. The van der Waals surface area contributed by atoms with E-state index in [0.717, 1.165) is 0 Å². The molecule has 1 spiro atoms. The third-order valence-corrected chi connectivity index (χ3v) is 6.67. The van der Waals surface area contributed by atoms with E-state index >= 15 is 0 Å². The standard InChI is InChI=1S/C16H27N3O5S/c1-5-25(22,23)19-9-6-16(7-10-19)13(12(2)15(21)24-16)14(20)17-8-11-18(3)4/h5-11H2,1-4H3,(H,17,20). The minimum Gasteiger partial charge on any atom is -0.450 e. The average molecular weight is 373 g/mol. The van der Waals surface area contributed by atoms with Crippen LogP contribution in [-0.2, 0) is 24.3 Å². The van der Waals surface area contributed by atoms with Crippen LogP contribution in [0, 0.1) is 0 Å². The van der Waals surface area contributed by atoms with E-state index in [1.807, 2.05) is 19.0 Å². The molecular formula is C16H27N3O5S. The van der Waals surface area contributed by atoms with E-state index in [4.69, 9.17) is 4.74 Å². The fraction of sp³-hybridized carbons (Fsp3) is 0.750. The van der Waals surface area contributed by atoms with Gasteiger partial charge in [-0.3, -0.25) is 4.79 Å². The minimum absolute atomic E-state index is 0.0343. The Balaban J connectivity index is 2.15. The van der Waals surface area contributed by atoms with Gasteiger partial charge in [-0.1, -0.05) is 0 Å². The molecule has 0 radical (unpaired) electrons. The van der Waals surface area contributed by atoms with Gasteiger partial charge in [-0.2, -0.15) is 0 Å². The molecule has 2 rings (SSSR count). The van der Waals surface area contributed by atoms with Crippen molar-refractivity contribution in [3.63, 3.8) is 0 Å². The Labute approximate surface area is 149 Å². The van der Waals surface area contributed by atoms with Crippen molar-refractivity contribution in [2.45, 2.75) is 32.3 Å². The molecular weight excluding hydrogens is 346 g/mol. The summed E-state index contributed by atoms with van der Waals surface area (Å²) in [4.78, 5) is 26.7. The Bertz CT molecular complexity index is 676. The zero-order valence-corrected chi connectivity index (χ0v) is 16.1. The minimum atomic E-state index is -3.29. The lowest BCUT2D eigenvalue weighted by Gasteiger charge is -2.38. The van der Waals surface area contributed by atoms with Gasteiger partial charge in [0.05, 0.1) is 11.3 Å². The molecule has 0 unspecified atom stereocenters. The maximum atomic E-state index is 12.6. The first kappa shape index (κ1) is 19.9. The van der Waals surface area contributed by atoms with Gasteiger partial charge in [-0.05, 0) is 27.9 Å². The second kappa shape index (κ2) is 7.43. The molecule has 2 heterocycles. The number of rotatable bonds is 6. The summed E-state index contributed by atoms with van der Waals surface area (Å²) in [6, 6.07) is 0. The summed E-state index contributed by atoms with van der Waals surface area (Å²) < 4.78 is 31.0. The molecule has 0 aliphatic carbocycles. The number of esters is 1. The number of carbonyl (C=O) groups is 2. The number of ether oxygens (including phenoxy) is 1. The van der Waals surface area contributed by atoms with Crippen LogP contribution in [0.1, 0.15) is 26.7 Å². The molecule has 0 aromatic carbocycles. The predicted octanol–water partition coefficient (Wildman–Crippen LogP) is -0.278.